The van der Waals surface area contributed by atoms with Crippen LogP contribution < -0.4 is 0 Å². The van der Waals surface area contributed by atoms with Crippen LogP contribution in [0.15, 0.2) is 0 Å². The molecular weight excluding hydrogens is 266 g/mol. The van der Waals surface area contributed by atoms with Gasteiger partial charge < -0.3 is 9.84 Å². The molecule has 0 aliphatic carbocycles. The number of aliphatic carboxylic acids is 1. The van der Waals surface area contributed by atoms with E-state index in [1.165, 1.54) is 11.4 Å². The minimum absolute atomic E-state index is 0.0977. The van der Waals surface area contributed by atoms with E-state index in [0.29, 0.717) is 0 Å². The van der Waals surface area contributed by atoms with Crippen LogP contribution >= 0.6 is 11.8 Å². The van der Waals surface area contributed by atoms with Gasteiger partial charge in [-0.15, -0.1) is 0 Å². The van der Waals surface area contributed by atoms with Crippen LogP contribution in [0.3, 0.4) is 0 Å². The standard InChI is InChI=1S/C9H17NO5S2/c1-15-4-3-10(8-2-5-16-6-8)17(13,14)7-9(11)12/h8H,2-7H2,1H3,(H,11,12). The normalized spacial score (nSPS) is 20.9. The van der Waals surface area contributed by atoms with Crippen molar-refractivity contribution in [3.63, 3.8) is 0 Å². The summed E-state index contributed by atoms with van der Waals surface area (Å²) in [6.07, 6.45) is 0.771. The van der Waals surface area contributed by atoms with E-state index in [4.69, 9.17) is 9.84 Å². The van der Waals surface area contributed by atoms with Gasteiger partial charge in [-0.2, -0.15) is 16.1 Å². The Morgan fingerprint density at radius 2 is 2.29 bits per heavy atom. The summed E-state index contributed by atoms with van der Waals surface area (Å²) >= 11 is 1.68. The SMILES string of the molecule is COCCN(C1CCSC1)S(=O)(=O)CC(=O)O. The van der Waals surface area contributed by atoms with E-state index in [1.807, 2.05) is 0 Å². The Balaban J connectivity index is 2.76. The molecule has 1 saturated heterocycles. The molecule has 1 rings (SSSR count). The third kappa shape index (κ3) is 4.46. The van der Waals surface area contributed by atoms with Gasteiger partial charge in [-0.05, 0) is 12.2 Å². The fourth-order valence-corrected chi connectivity index (χ4v) is 4.50. The molecule has 1 fully saturated rings. The van der Waals surface area contributed by atoms with Crippen molar-refractivity contribution in [3.05, 3.63) is 0 Å². The second-order valence-corrected chi connectivity index (χ2v) is 6.84. The fourth-order valence-electron chi connectivity index (χ4n) is 1.72. The Morgan fingerprint density at radius 3 is 2.76 bits per heavy atom. The van der Waals surface area contributed by atoms with Gasteiger partial charge in [0.05, 0.1) is 6.61 Å². The van der Waals surface area contributed by atoms with Crippen LogP contribution in [0.4, 0.5) is 0 Å². The molecule has 0 radical (unpaired) electrons. The smallest absolute Gasteiger partial charge is 0.320 e. The van der Waals surface area contributed by atoms with Crippen molar-refractivity contribution in [2.75, 3.05) is 37.5 Å². The van der Waals surface area contributed by atoms with E-state index in [0.717, 1.165) is 17.9 Å². The predicted molar refractivity (Wildman–Crippen MR) is 65.7 cm³/mol. The number of ether oxygens (including phenoxy) is 1. The average Bonchev–Trinajstić information content (AvgIpc) is 2.69. The summed E-state index contributed by atoms with van der Waals surface area (Å²) in [4.78, 5) is 10.6. The fraction of sp³-hybridized carbons (Fsp3) is 0.889. The Hall–Kier alpha value is -0.310. The van der Waals surface area contributed by atoms with Crippen LogP contribution in [0.25, 0.3) is 0 Å². The van der Waals surface area contributed by atoms with Gasteiger partial charge in [-0.3, -0.25) is 4.79 Å². The van der Waals surface area contributed by atoms with E-state index in [9.17, 15) is 13.2 Å². The lowest BCUT2D eigenvalue weighted by molar-refractivity contribution is -0.134. The zero-order chi connectivity index (χ0) is 12.9. The highest BCUT2D eigenvalue weighted by Crippen LogP contribution is 2.24. The summed E-state index contributed by atoms with van der Waals surface area (Å²) < 4.78 is 30.0. The molecule has 100 valence electrons. The lowest BCUT2D eigenvalue weighted by atomic mass is 10.3. The van der Waals surface area contributed by atoms with E-state index in [2.05, 4.69) is 0 Å². The second-order valence-electron chi connectivity index (χ2n) is 3.77. The first-order valence-electron chi connectivity index (χ1n) is 5.25. The van der Waals surface area contributed by atoms with Crippen molar-refractivity contribution in [3.8, 4) is 0 Å². The first kappa shape index (κ1) is 14.7. The van der Waals surface area contributed by atoms with Gasteiger partial charge in [-0.1, -0.05) is 0 Å². The summed E-state index contributed by atoms with van der Waals surface area (Å²) in [7, 11) is -2.25. The highest BCUT2D eigenvalue weighted by atomic mass is 32.2. The Morgan fingerprint density at radius 1 is 1.59 bits per heavy atom. The molecule has 6 nitrogen and oxygen atoms in total. The second kappa shape index (κ2) is 6.58. The average molecular weight is 283 g/mol. The number of hydrogen-bond acceptors (Lipinski definition) is 5. The largest absolute Gasteiger partial charge is 0.480 e. The molecule has 0 aromatic carbocycles. The molecule has 0 saturated carbocycles. The maximum absolute atomic E-state index is 11.9. The Kier molecular flexibility index (Phi) is 5.71. The van der Waals surface area contributed by atoms with Crippen molar-refractivity contribution >= 4 is 27.8 Å². The van der Waals surface area contributed by atoms with Crippen molar-refractivity contribution < 1.29 is 23.1 Å². The van der Waals surface area contributed by atoms with Crippen LogP contribution in [0, 0.1) is 0 Å². The molecule has 17 heavy (non-hydrogen) atoms. The number of carboxylic acids is 1. The number of nitrogens with zero attached hydrogens (tertiary/aromatic N) is 1. The first-order chi connectivity index (χ1) is 7.97. The van der Waals surface area contributed by atoms with Crippen LogP contribution in [0.1, 0.15) is 6.42 Å². The molecular formula is C9H17NO5S2. The molecule has 0 aromatic heterocycles. The molecule has 1 N–H and O–H groups in total. The van der Waals surface area contributed by atoms with Crippen LogP contribution in [0.2, 0.25) is 0 Å². The molecule has 1 unspecified atom stereocenters. The number of thioether (sulfide) groups is 1. The van der Waals surface area contributed by atoms with E-state index in [-0.39, 0.29) is 19.2 Å². The van der Waals surface area contributed by atoms with Crippen molar-refractivity contribution in [2.24, 2.45) is 0 Å². The number of rotatable bonds is 7. The zero-order valence-electron chi connectivity index (χ0n) is 9.66. The summed E-state index contributed by atoms with van der Waals surface area (Å²) in [6, 6.07) is -0.0977. The van der Waals surface area contributed by atoms with Crippen LogP contribution in [-0.4, -0.2) is 67.4 Å². The Bertz CT molecular complexity index is 350. The molecule has 0 aromatic rings. The molecule has 1 atom stereocenters. The van der Waals surface area contributed by atoms with Gasteiger partial charge in [0.25, 0.3) is 0 Å². The minimum atomic E-state index is -3.74. The summed E-state index contributed by atoms with van der Waals surface area (Å²) in [5.74, 6) is -0.532. The van der Waals surface area contributed by atoms with E-state index < -0.39 is 21.7 Å². The highest BCUT2D eigenvalue weighted by molar-refractivity contribution is 7.99. The quantitative estimate of drug-likeness (QED) is 0.700. The van der Waals surface area contributed by atoms with E-state index >= 15 is 0 Å². The molecule has 0 amide bonds. The van der Waals surface area contributed by atoms with Crippen LogP contribution in [-0.2, 0) is 19.6 Å². The maximum Gasteiger partial charge on any atom is 0.320 e. The number of methoxy groups -OCH3 is 1. The van der Waals surface area contributed by atoms with E-state index in [1.54, 1.807) is 11.8 Å². The summed E-state index contributed by atoms with van der Waals surface area (Å²) in [5, 5.41) is 8.62. The number of carboxylic acid groups (broad SMARTS) is 1. The van der Waals surface area contributed by atoms with Crippen LogP contribution in [0.5, 0.6) is 0 Å². The van der Waals surface area contributed by atoms with Gasteiger partial charge in [0.1, 0.15) is 0 Å². The van der Waals surface area contributed by atoms with Crippen molar-refractivity contribution in [2.45, 2.75) is 12.5 Å². The van der Waals surface area contributed by atoms with Gasteiger partial charge in [-0.25, -0.2) is 8.42 Å². The number of carbonyl (C=O) groups is 1. The zero-order valence-corrected chi connectivity index (χ0v) is 11.3. The van der Waals surface area contributed by atoms with Gasteiger partial charge in [0, 0.05) is 25.4 Å². The van der Waals surface area contributed by atoms with Crippen molar-refractivity contribution in [1.82, 2.24) is 4.31 Å². The van der Waals surface area contributed by atoms with Gasteiger partial charge in [0.15, 0.2) is 5.75 Å². The first-order valence-corrected chi connectivity index (χ1v) is 8.01. The number of hydrogen-bond donors (Lipinski definition) is 1. The predicted octanol–water partition coefficient (Wildman–Crippen LogP) is -0.145. The summed E-state index contributed by atoms with van der Waals surface area (Å²) in [6.45, 7) is 0.497. The lowest BCUT2D eigenvalue weighted by Gasteiger charge is -2.26. The molecule has 1 aliphatic heterocycles. The minimum Gasteiger partial charge on any atom is -0.480 e. The molecule has 8 heteroatoms. The third-order valence-corrected chi connectivity index (χ3v) is 5.44. The van der Waals surface area contributed by atoms with Gasteiger partial charge >= 0.3 is 5.97 Å². The maximum atomic E-state index is 11.9. The molecule has 1 aliphatic rings. The highest BCUT2D eigenvalue weighted by Gasteiger charge is 2.33. The topological polar surface area (TPSA) is 83.9 Å². The monoisotopic (exact) mass is 283 g/mol. The van der Waals surface area contributed by atoms with Crippen molar-refractivity contribution in [1.29, 1.82) is 0 Å². The molecule has 0 bridgehead atoms. The number of sulfonamides is 1. The van der Waals surface area contributed by atoms with Gasteiger partial charge in [0.2, 0.25) is 10.0 Å². The Labute approximate surface area is 105 Å². The molecule has 0 spiro atoms. The summed E-state index contributed by atoms with van der Waals surface area (Å²) in [5.41, 5.74) is 0. The third-order valence-electron chi connectivity index (χ3n) is 2.49. The molecule has 1 heterocycles. The lowest BCUT2D eigenvalue weighted by Crippen LogP contribution is -2.44.